The van der Waals surface area contributed by atoms with Crippen molar-refractivity contribution in [3.8, 4) is 0 Å². The molecule has 3 saturated carbocycles. The molecule has 4 heteroatoms. The topological polar surface area (TPSA) is 59.2 Å². The Balaban J connectivity index is 1.55. The molecule has 1 aromatic heterocycles. The molecule has 5 atom stereocenters. The molecule has 1 aromatic rings. The van der Waals surface area contributed by atoms with Crippen LogP contribution in [0.1, 0.15) is 68.5 Å². The van der Waals surface area contributed by atoms with Crippen LogP contribution in [0.15, 0.2) is 4.52 Å². The van der Waals surface area contributed by atoms with E-state index in [0.717, 1.165) is 36.9 Å². The summed E-state index contributed by atoms with van der Waals surface area (Å²) in [5.41, 5.74) is 0. The lowest BCUT2D eigenvalue weighted by Crippen LogP contribution is -2.13. The molecule has 3 aliphatic rings. The lowest BCUT2D eigenvalue weighted by Gasteiger charge is -2.17. The summed E-state index contributed by atoms with van der Waals surface area (Å²) >= 11 is 0. The number of hydrogen-bond donors (Lipinski definition) is 1. The Bertz CT molecular complexity index is 445. The van der Waals surface area contributed by atoms with Crippen LogP contribution in [0.25, 0.3) is 0 Å². The van der Waals surface area contributed by atoms with Crippen molar-refractivity contribution < 1.29 is 9.63 Å². The van der Waals surface area contributed by atoms with Crippen LogP contribution in [-0.2, 0) is 0 Å². The minimum Gasteiger partial charge on any atom is -0.392 e. The van der Waals surface area contributed by atoms with Crippen LogP contribution in [0.2, 0.25) is 0 Å². The van der Waals surface area contributed by atoms with E-state index < -0.39 is 0 Å². The highest BCUT2D eigenvalue weighted by Crippen LogP contribution is 2.52. The van der Waals surface area contributed by atoms with Crippen LogP contribution in [0.5, 0.6) is 0 Å². The molecule has 0 spiro atoms. The number of aromatic nitrogens is 2. The first kappa shape index (κ1) is 11.0. The third-order valence-electron chi connectivity index (χ3n) is 5.32. The van der Waals surface area contributed by atoms with Crippen molar-refractivity contribution >= 4 is 0 Å². The maximum absolute atomic E-state index is 9.89. The van der Waals surface area contributed by atoms with Crippen molar-refractivity contribution in [1.82, 2.24) is 10.1 Å². The van der Waals surface area contributed by atoms with Crippen LogP contribution in [0.4, 0.5) is 0 Å². The standard InChI is InChI=1S/C14H20N2O2/c17-12-3-1-2-10(12)14-15-13(16-18-14)11-7-8-4-5-9(11)6-8/h8-12,17H,1-7H2. The largest absolute Gasteiger partial charge is 0.392 e. The van der Waals surface area contributed by atoms with Crippen molar-refractivity contribution in [2.45, 2.75) is 62.9 Å². The zero-order chi connectivity index (χ0) is 12.1. The number of rotatable bonds is 2. The second-order valence-corrected chi connectivity index (χ2v) is 6.38. The van der Waals surface area contributed by atoms with Gasteiger partial charge in [-0.05, 0) is 50.4 Å². The fourth-order valence-electron chi connectivity index (χ4n) is 4.34. The molecule has 0 radical (unpaired) electrons. The molecule has 4 nitrogen and oxygen atoms in total. The molecule has 1 heterocycles. The first-order valence-electron chi connectivity index (χ1n) is 7.33. The molecular formula is C14H20N2O2. The first-order chi connectivity index (χ1) is 8.81. The van der Waals surface area contributed by atoms with E-state index in [0.29, 0.717) is 11.8 Å². The molecule has 4 rings (SSSR count). The van der Waals surface area contributed by atoms with Crippen molar-refractivity contribution in [3.63, 3.8) is 0 Å². The summed E-state index contributed by atoms with van der Waals surface area (Å²) in [5.74, 6) is 3.90. The Morgan fingerprint density at radius 2 is 2.00 bits per heavy atom. The summed E-state index contributed by atoms with van der Waals surface area (Å²) in [4.78, 5) is 4.61. The van der Waals surface area contributed by atoms with Gasteiger partial charge in [0, 0.05) is 5.92 Å². The maximum Gasteiger partial charge on any atom is 0.232 e. The lowest BCUT2D eigenvalue weighted by atomic mass is 9.88. The Kier molecular flexibility index (Phi) is 2.47. The van der Waals surface area contributed by atoms with Gasteiger partial charge in [-0.2, -0.15) is 4.98 Å². The van der Waals surface area contributed by atoms with Gasteiger partial charge in [-0.15, -0.1) is 0 Å². The van der Waals surface area contributed by atoms with Gasteiger partial charge in [0.05, 0.1) is 12.0 Å². The molecule has 0 aliphatic heterocycles. The number of aliphatic hydroxyl groups is 1. The third kappa shape index (κ3) is 1.62. The number of aliphatic hydroxyl groups excluding tert-OH is 1. The summed E-state index contributed by atoms with van der Waals surface area (Å²) in [6.45, 7) is 0. The van der Waals surface area contributed by atoms with Gasteiger partial charge in [0.2, 0.25) is 5.89 Å². The average Bonchev–Trinajstić information content (AvgIpc) is 3.12. The van der Waals surface area contributed by atoms with Crippen LogP contribution in [0.3, 0.4) is 0 Å². The zero-order valence-corrected chi connectivity index (χ0v) is 10.6. The first-order valence-corrected chi connectivity index (χ1v) is 7.33. The Labute approximate surface area is 107 Å². The quantitative estimate of drug-likeness (QED) is 0.874. The minimum absolute atomic E-state index is 0.0878. The molecule has 18 heavy (non-hydrogen) atoms. The summed E-state index contributed by atoms with van der Waals surface area (Å²) in [7, 11) is 0. The number of fused-ring (bicyclic) bond motifs is 2. The molecular weight excluding hydrogens is 228 g/mol. The highest BCUT2D eigenvalue weighted by molar-refractivity contribution is 5.08. The predicted molar refractivity (Wildman–Crippen MR) is 65.1 cm³/mol. The van der Waals surface area contributed by atoms with E-state index >= 15 is 0 Å². The van der Waals surface area contributed by atoms with E-state index in [9.17, 15) is 5.11 Å². The van der Waals surface area contributed by atoms with E-state index in [1.165, 1.54) is 25.7 Å². The molecule has 2 bridgehead atoms. The van der Waals surface area contributed by atoms with Crippen LogP contribution in [-0.4, -0.2) is 21.4 Å². The second-order valence-electron chi connectivity index (χ2n) is 6.38. The second kappa shape index (κ2) is 4.05. The van der Waals surface area contributed by atoms with Gasteiger partial charge in [-0.25, -0.2) is 0 Å². The van der Waals surface area contributed by atoms with Gasteiger partial charge in [0.15, 0.2) is 5.82 Å². The molecule has 5 unspecified atom stereocenters. The zero-order valence-electron chi connectivity index (χ0n) is 10.6. The molecule has 0 amide bonds. The Hall–Kier alpha value is -0.900. The molecule has 1 N–H and O–H groups in total. The van der Waals surface area contributed by atoms with Crippen molar-refractivity contribution in [1.29, 1.82) is 0 Å². The van der Waals surface area contributed by atoms with E-state index in [-0.39, 0.29) is 12.0 Å². The number of hydrogen-bond acceptors (Lipinski definition) is 4. The van der Waals surface area contributed by atoms with Gasteiger partial charge >= 0.3 is 0 Å². The minimum atomic E-state index is -0.279. The van der Waals surface area contributed by atoms with Gasteiger partial charge < -0.3 is 9.63 Å². The van der Waals surface area contributed by atoms with E-state index in [1.54, 1.807) is 0 Å². The van der Waals surface area contributed by atoms with Gasteiger partial charge in [-0.3, -0.25) is 0 Å². The van der Waals surface area contributed by atoms with E-state index in [1.807, 2.05) is 0 Å². The number of nitrogens with zero attached hydrogens (tertiary/aromatic N) is 2. The van der Waals surface area contributed by atoms with Crippen LogP contribution >= 0.6 is 0 Å². The average molecular weight is 248 g/mol. The maximum atomic E-state index is 9.89. The van der Waals surface area contributed by atoms with Crippen molar-refractivity contribution in [3.05, 3.63) is 11.7 Å². The normalized spacial score (nSPS) is 42.8. The Morgan fingerprint density at radius 1 is 1.06 bits per heavy atom. The monoisotopic (exact) mass is 248 g/mol. The summed E-state index contributed by atoms with van der Waals surface area (Å²) in [5, 5.41) is 14.1. The predicted octanol–water partition coefficient (Wildman–Crippen LogP) is 2.60. The SMILES string of the molecule is OC1CCCC1c1nc(C2CC3CCC2C3)no1. The smallest absolute Gasteiger partial charge is 0.232 e. The molecule has 98 valence electrons. The summed E-state index contributed by atoms with van der Waals surface area (Å²) in [6, 6.07) is 0. The van der Waals surface area contributed by atoms with E-state index in [2.05, 4.69) is 10.1 Å². The molecule has 0 saturated heterocycles. The van der Waals surface area contributed by atoms with Gasteiger partial charge in [0.25, 0.3) is 0 Å². The van der Waals surface area contributed by atoms with Crippen LogP contribution in [0, 0.1) is 11.8 Å². The fourth-order valence-corrected chi connectivity index (χ4v) is 4.34. The van der Waals surface area contributed by atoms with E-state index in [4.69, 9.17) is 4.52 Å². The molecule has 3 aliphatic carbocycles. The van der Waals surface area contributed by atoms with Crippen molar-refractivity contribution in [2.24, 2.45) is 11.8 Å². The van der Waals surface area contributed by atoms with Crippen molar-refractivity contribution in [2.75, 3.05) is 0 Å². The highest BCUT2D eigenvalue weighted by Gasteiger charge is 2.43. The third-order valence-corrected chi connectivity index (χ3v) is 5.32. The summed E-state index contributed by atoms with van der Waals surface area (Å²) in [6.07, 6.45) is 7.99. The van der Waals surface area contributed by atoms with Crippen LogP contribution < -0.4 is 0 Å². The lowest BCUT2D eigenvalue weighted by molar-refractivity contribution is 0.148. The molecule has 3 fully saturated rings. The Morgan fingerprint density at radius 3 is 2.67 bits per heavy atom. The summed E-state index contributed by atoms with van der Waals surface area (Å²) < 4.78 is 5.42. The fraction of sp³-hybridized carbons (Fsp3) is 0.857. The van der Waals surface area contributed by atoms with Gasteiger partial charge in [0.1, 0.15) is 0 Å². The molecule has 0 aromatic carbocycles. The van der Waals surface area contributed by atoms with Gasteiger partial charge in [-0.1, -0.05) is 11.6 Å². The highest BCUT2D eigenvalue weighted by atomic mass is 16.5.